The lowest BCUT2D eigenvalue weighted by Gasteiger charge is -2.10. The van der Waals surface area contributed by atoms with Crippen molar-refractivity contribution in [1.29, 1.82) is 5.26 Å². The minimum Gasteiger partial charge on any atom is -0.300 e. The average molecular weight is 351 g/mol. The maximum atomic E-state index is 13.6. The molecule has 6 heteroatoms. The molecule has 0 aliphatic rings. The van der Waals surface area contributed by atoms with Gasteiger partial charge in [-0.25, -0.2) is 9.37 Å². The van der Waals surface area contributed by atoms with E-state index in [0.717, 1.165) is 16.7 Å². The van der Waals surface area contributed by atoms with Gasteiger partial charge < -0.3 is 4.98 Å². The van der Waals surface area contributed by atoms with Gasteiger partial charge in [-0.3, -0.25) is 4.79 Å². The number of aromatic amines is 1. The molecule has 0 bridgehead atoms. The summed E-state index contributed by atoms with van der Waals surface area (Å²) in [5.74, 6) is -0.317. The van der Waals surface area contributed by atoms with Crippen LogP contribution < -0.4 is 5.56 Å². The van der Waals surface area contributed by atoms with E-state index in [2.05, 4.69) is 9.97 Å². The van der Waals surface area contributed by atoms with Gasteiger partial charge in [0.05, 0.1) is 5.69 Å². The highest BCUT2D eigenvalue weighted by Crippen LogP contribution is 2.29. The quantitative estimate of drug-likeness (QED) is 0.569. The van der Waals surface area contributed by atoms with Crippen molar-refractivity contribution in [3.05, 3.63) is 69.8 Å². The molecule has 0 spiro atoms. The summed E-state index contributed by atoms with van der Waals surface area (Å²) in [7, 11) is 0. The normalized spacial score (nSPS) is 10.5. The third-order valence-electron chi connectivity index (χ3n) is 3.85. The maximum absolute atomic E-state index is 13.6. The highest BCUT2D eigenvalue weighted by Gasteiger charge is 2.14. The monoisotopic (exact) mass is 351 g/mol. The first kappa shape index (κ1) is 16.9. The van der Waals surface area contributed by atoms with Crippen molar-refractivity contribution in [2.24, 2.45) is 0 Å². The third kappa shape index (κ3) is 3.32. The van der Waals surface area contributed by atoms with Crippen molar-refractivity contribution in [2.75, 3.05) is 6.26 Å². The summed E-state index contributed by atoms with van der Waals surface area (Å²) >= 11 is 1.29. The van der Waals surface area contributed by atoms with Crippen LogP contribution in [-0.2, 0) is 0 Å². The van der Waals surface area contributed by atoms with E-state index in [1.54, 1.807) is 24.5 Å². The van der Waals surface area contributed by atoms with Crippen LogP contribution in [0.15, 0.2) is 52.4 Å². The summed E-state index contributed by atoms with van der Waals surface area (Å²) in [5.41, 5.74) is 2.95. The van der Waals surface area contributed by atoms with Crippen LogP contribution in [0.4, 0.5) is 4.39 Å². The third-order valence-corrected chi connectivity index (χ3v) is 4.43. The fourth-order valence-corrected chi connectivity index (χ4v) is 2.98. The zero-order valence-corrected chi connectivity index (χ0v) is 14.4. The van der Waals surface area contributed by atoms with Crippen molar-refractivity contribution in [3.8, 4) is 28.5 Å². The molecule has 0 radical (unpaired) electrons. The van der Waals surface area contributed by atoms with Crippen molar-refractivity contribution < 1.29 is 4.39 Å². The fraction of sp³-hybridized carbons (Fsp3) is 0.105. The van der Waals surface area contributed by atoms with Gasteiger partial charge in [0.2, 0.25) is 0 Å². The minimum absolute atomic E-state index is 0.0362. The Balaban J connectivity index is 2.21. The van der Waals surface area contributed by atoms with E-state index in [1.807, 2.05) is 25.1 Å². The Morgan fingerprint density at radius 2 is 1.96 bits per heavy atom. The number of thioether (sulfide) groups is 1. The SMILES string of the molecule is CSc1nc(-c2cccc(-c3cc(F)ccc3C)c2)c(C#N)c(=O)[nH]1. The predicted molar refractivity (Wildman–Crippen MR) is 96.9 cm³/mol. The number of nitrogens with one attached hydrogen (secondary N) is 1. The number of aromatic nitrogens is 2. The Bertz CT molecular complexity index is 1050. The molecule has 25 heavy (non-hydrogen) atoms. The molecule has 4 nitrogen and oxygen atoms in total. The molecule has 0 saturated heterocycles. The Morgan fingerprint density at radius 3 is 2.68 bits per heavy atom. The van der Waals surface area contributed by atoms with Gasteiger partial charge in [-0.15, -0.1) is 0 Å². The summed E-state index contributed by atoms with van der Waals surface area (Å²) < 4.78 is 13.6. The van der Waals surface area contributed by atoms with Crippen LogP contribution in [0.3, 0.4) is 0 Å². The van der Waals surface area contributed by atoms with Crippen LogP contribution in [0.25, 0.3) is 22.4 Å². The zero-order chi connectivity index (χ0) is 18.0. The van der Waals surface area contributed by atoms with E-state index in [1.165, 1.54) is 23.9 Å². The summed E-state index contributed by atoms with van der Waals surface area (Å²) in [5, 5.41) is 9.76. The smallest absolute Gasteiger partial charge is 0.270 e. The highest BCUT2D eigenvalue weighted by atomic mass is 32.2. The number of halogens is 1. The molecule has 124 valence electrons. The van der Waals surface area contributed by atoms with E-state index in [-0.39, 0.29) is 11.4 Å². The minimum atomic E-state index is -0.468. The summed E-state index contributed by atoms with van der Waals surface area (Å²) in [6.45, 7) is 1.90. The molecule has 0 saturated carbocycles. The molecular formula is C19H14FN3OS. The van der Waals surface area contributed by atoms with Gasteiger partial charge in [0.25, 0.3) is 5.56 Å². The molecule has 0 amide bonds. The summed E-state index contributed by atoms with van der Waals surface area (Å²) in [4.78, 5) is 19.0. The standard InChI is InChI=1S/C19H14FN3OS/c1-11-6-7-14(20)9-15(11)12-4-3-5-13(8-12)17-16(10-21)18(24)23-19(22-17)25-2/h3-9H,1-2H3,(H,22,23,24). The molecule has 0 atom stereocenters. The van der Waals surface area contributed by atoms with Crippen LogP contribution in [-0.4, -0.2) is 16.2 Å². The highest BCUT2D eigenvalue weighted by molar-refractivity contribution is 7.98. The predicted octanol–water partition coefficient (Wildman–Crippen LogP) is 4.15. The number of nitriles is 1. The number of aryl methyl sites for hydroxylation is 1. The van der Waals surface area contributed by atoms with Gasteiger partial charge >= 0.3 is 0 Å². The zero-order valence-electron chi connectivity index (χ0n) is 13.6. The molecule has 1 N–H and O–H groups in total. The van der Waals surface area contributed by atoms with Crippen LogP contribution in [0.5, 0.6) is 0 Å². The number of benzene rings is 2. The van der Waals surface area contributed by atoms with Crippen LogP contribution in [0.2, 0.25) is 0 Å². The number of hydrogen-bond donors (Lipinski definition) is 1. The molecule has 0 fully saturated rings. The maximum Gasteiger partial charge on any atom is 0.270 e. The topological polar surface area (TPSA) is 69.5 Å². The first-order valence-corrected chi connectivity index (χ1v) is 8.71. The van der Waals surface area contributed by atoms with Gasteiger partial charge in [0, 0.05) is 5.56 Å². The molecule has 2 aromatic carbocycles. The molecule has 1 aromatic heterocycles. The van der Waals surface area contributed by atoms with E-state index < -0.39 is 5.56 Å². The molecule has 0 aliphatic carbocycles. The Morgan fingerprint density at radius 1 is 1.20 bits per heavy atom. The number of rotatable bonds is 3. The first-order chi connectivity index (χ1) is 12.0. The van der Waals surface area contributed by atoms with E-state index in [0.29, 0.717) is 16.4 Å². The second-order valence-corrected chi connectivity index (χ2v) is 6.25. The second-order valence-electron chi connectivity index (χ2n) is 5.45. The molecular weight excluding hydrogens is 337 g/mol. The molecule has 1 heterocycles. The summed E-state index contributed by atoms with van der Waals surface area (Å²) in [6.07, 6.45) is 1.79. The van der Waals surface area contributed by atoms with Gasteiger partial charge in [0.15, 0.2) is 5.16 Å². The van der Waals surface area contributed by atoms with Crippen molar-refractivity contribution in [2.45, 2.75) is 12.1 Å². The second kappa shape index (κ2) is 6.91. The Hall–Kier alpha value is -2.91. The summed E-state index contributed by atoms with van der Waals surface area (Å²) in [6, 6.07) is 13.8. The van der Waals surface area contributed by atoms with Gasteiger partial charge in [-0.2, -0.15) is 5.26 Å². The van der Waals surface area contributed by atoms with E-state index >= 15 is 0 Å². The molecule has 3 rings (SSSR count). The molecule has 0 aliphatic heterocycles. The van der Waals surface area contributed by atoms with Crippen LogP contribution in [0.1, 0.15) is 11.1 Å². The van der Waals surface area contributed by atoms with E-state index in [4.69, 9.17) is 0 Å². The van der Waals surface area contributed by atoms with Crippen LogP contribution >= 0.6 is 11.8 Å². The van der Waals surface area contributed by atoms with E-state index in [9.17, 15) is 14.4 Å². The van der Waals surface area contributed by atoms with Crippen molar-refractivity contribution in [1.82, 2.24) is 9.97 Å². The fourth-order valence-electron chi connectivity index (χ4n) is 2.60. The van der Waals surface area contributed by atoms with Crippen LogP contribution in [0, 0.1) is 24.1 Å². The van der Waals surface area contributed by atoms with Crippen molar-refractivity contribution in [3.63, 3.8) is 0 Å². The van der Waals surface area contributed by atoms with Gasteiger partial charge in [0.1, 0.15) is 17.4 Å². The first-order valence-electron chi connectivity index (χ1n) is 7.49. The lowest BCUT2D eigenvalue weighted by atomic mass is 9.97. The largest absolute Gasteiger partial charge is 0.300 e. The number of H-pyrrole nitrogens is 1. The lowest BCUT2D eigenvalue weighted by Crippen LogP contribution is -2.14. The number of hydrogen-bond acceptors (Lipinski definition) is 4. The average Bonchev–Trinajstić information content (AvgIpc) is 2.63. The molecule has 3 aromatic rings. The Kier molecular flexibility index (Phi) is 4.68. The number of nitrogens with zero attached hydrogens (tertiary/aromatic N) is 2. The van der Waals surface area contributed by atoms with Gasteiger partial charge in [-0.1, -0.05) is 36.0 Å². The van der Waals surface area contributed by atoms with Crippen molar-refractivity contribution >= 4 is 11.8 Å². The molecule has 0 unspecified atom stereocenters. The van der Waals surface area contributed by atoms with Gasteiger partial charge in [-0.05, 0) is 48.1 Å². The lowest BCUT2D eigenvalue weighted by molar-refractivity contribution is 0.628. The Labute approximate surface area is 148 Å².